The number of benzene rings is 1. The van der Waals surface area contributed by atoms with E-state index in [1.807, 2.05) is 60.7 Å². The van der Waals surface area contributed by atoms with Crippen molar-refractivity contribution in [3.05, 3.63) is 66.3 Å². The second kappa shape index (κ2) is 5.26. The maximum atomic E-state index is 11.8. The molecule has 1 nitrogen and oxygen atoms in total. The largest absolute Gasteiger partial charge is 0.294 e. The Labute approximate surface area is 95.8 Å². The average Bonchev–Trinajstić information content (AvgIpc) is 2.38. The molecule has 0 spiro atoms. The molecular formula is C15H14O. The van der Waals surface area contributed by atoms with Gasteiger partial charge in [-0.15, -0.1) is 0 Å². The van der Waals surface area contributed by atoms with E-state index in [4.69, 9.17) is 0 Å². The number of hydrogen-bond donors (Lipinski definition) is 0. The first kappa shape index (κ1) is 10.6. The van der Waals surface area contributed by atoms with Crippen molar-refractivity contribution in [3.63, 3.8) is 0 Å². The van der Waals surface area contributed by atoms with Crippen molar-refractivity contribution in [3.8, 4) is 0 Å². The first-order chi connectivity index (χ1) is 7.86. The van der Waals surface area contributed by atoms with Gasteiger partial charge in [0.15, 0.2) is 5.78 Å². The van der Waals surface area contributed by atoms with Crippen molar-refractivity contribution < 1.29 is 4.79 Å². The van der Waals surface area contributed by atoms with Crippen LogP contribution in [0, 0.1) is 5.92 Å². The third kappa shape index (κ3) is 2.80. The second-order valence-corrected chi connectivity index (χ2v) is 3.80. The molecule has 0 amide bonds. The van der Waals surface area contributed by atoms with Crippen molar-refractivity contribution in [2.75, 3.05) is 0 Å². The van der Waals surface area contributed by atoms with Crippen LogP contribution < -0.4 is 0 Å². The highest BCUT2D eigenvalue weighted by Crippen LogP contribution is 2.14. The number of ketones is 1. The Morgan fingerprint density at radius 1 is 1.19 bits per heavy atom. The van der Waals surface area contributed by atoms with Crippen LogP contribution in [0.5, 0.6) is 0 Å². The summed E-state index contributed by atoms with van der Waals surface area (Å²) in [7, 11) is 0. The van der Waals surface area contributed by atoms with Gasteiger partial charge in [-0.3, -0.25) is 4.79 Å². The van der Waals surface area contributed by atoms with Gasteiger partial charge in [0.2, 0.25) is 0 Å². The molecule has 1 aliphatic carbocycles. The zero-order valence-corrected chi connectivity index (χ0v) is 9.04. The molecule has 0 bridgehead atoms. The second-order valence-electron chi connectivity index (χ2n) is 3.80. The van der Waals surface area contributed by atoms with Gasteiger partial charge in [0, 0.05) is 5.92 Å². The van der Waals surface area contributed by atoms with Gasteiger partial charge in [0.05, 0.1) is 0 Å². The summed E-state index contributed by atoms with van der Waals surface area (Å²) in [6, 6.07) is 9.87. The van der Waals surface area contributed by atoms with Crippen LogP contribution in [0.2, 0.25) is 0 Å². The zero-order chi connectivity index (χ0) is 11.2. The van der Waals surface area contributed by atoms with Crippen LogP contribution in [-0.4, -0.2) is 5.78 Å². The Bertz CT molecular complexity index is 438. The maximum Gasteiger partial charge on any atom is 0.162 e. The molecule has 1 aromatic rings. The first-order valence-corrected chi connectivity index (χ1v) is 5.46. The van der Waals surface area contributed by atoms with E-state index in [-0.39, 0.29) is 11.7 Å². The van der Waals surface area contributed by atoms with E-state index >= 15 is 0 Å². The van der Waals surface area contributed by atoms with Gasteiger partial charge in [-0.1, -0.05) is 60.7 Å². The minimum atomic E-state index is 0.0185. The summed E-state index contributed by atoms with van der Waals surface area (Å²) < 4.78 is 0. The lowest BCUT2D eigenvalue weighted by Crippen LogP contribution is -2.09. The van der Waals surface area contributed by atoms with Crippen LogP contribution in [0.3, 0.4) is 0 Å². The highest BCUT2D eigenvalue weighted by Gasteiger charge is 2.11. The van der Waals surface area contributed by atoms with Crippen LogP contribution in [0.4, 0.5) is 0 Å². The van der Waals surface area contributed by atoms with Crippen LogP contribution in [0.1, 0.15) is 12.0 Å². The van der Waals surface area contributed by atoms with Crippen LogP contribution in [0.25, 0.3) is 6.08 Å². The third-order valence-corrected chi connectivity index (χ3v) is 2.59. The Balaban J connectivity index is 2.00. The molecule has 80 valence electrons. The van der Waals surface area contributed by atoms with E-state index in [0.717, 1.165) is 12.0 Å². The number of hydrogen-bond acceptors (Lipinski definition) is 1. The number of rotatable bonds is 3. The van der Waals surface area contributed by atoms with Crippen molar-refractivity contribution >= 4 is 11.9 Å². The summed E-state index contributed by atoms with van der Waals surface area (Å²) in [6.07, 6.45) is 12.2. The summed E-state index contributed by atoms with van der Waals surface area (Å²) in [5, 5.41) is 0. The molecule has 0 fully saturated rings. The molecule has 0 saturated heterocycles. The highest BCUT2D eigenvalue weighted by molar-refractivity contribution is 5.96. The Kier molecular flexibility index (Phi) is 3.50. The van der Waals surface area contributed by atoms with Gasteiger partial charge in [0.1, 0.15) is 0 Å². The van der Waals surface area contributed by atoms with E-state index in [9.17, 15) is 4.79 Å². The molecule has 1 aromatic carbocycles. The van der Waals surface area contributed by atoms with Gasteiger partial charge >= 0.3 is 0 Å². The monoisotopic (exact) mass is 210 g/mol. The molecule has 1 heteroatoms. The number of allylic oxidation sites excluding steroid dienone is 5. The summed E-state index contributed by atoms with van der Waals surface area (Å²) >= 11 is 0. The first-order valence-electron chi connectivity index (χ1n) is 5.46. The Morgan fingerprint density at radius 3 is 2.69 bits per heavy atom. The lowest BCUT2D eigenvalue weighted by Gasteiger charge is -2.08. The fourth-order valence-corrected chi connectivity index (χ4v) is 1.66. The number of carbonyl (C=O) groups is 1. The van der Waals surface area contributed by atoms with Gasteiger partial charge in [0.25, 0.3) is 0 Å². The smallest absolute Gasteiger partial charge is 0.162 e. The molecule has 0 aromatic heterocycles. The standard InChI is InChI=1S/C15H14O/c16-15(14-9-5-2-6-10-14)12-11-13-7-3-1-4-8-13/h1-9,11-12,14H,10H2. The summed E-state index contributed by atoms with van der Waals surface area (Å²) in [5.41, 5.74) is 1.06. The third-order valence-electron chi connectivity index (χ3n) is 2.59. The van der Waals surface area contributed by atoms with Gasteiger partial charge in [-0.2, -0.15) is 0 Å². The molecule has 2 rings (SSSR count). The van der Waals surface area contributed by atoms with Crippen LogP contribution in [-0.2, 0) is 4.79 Å². The van der Waals surface area contributed by atoms with Crippen molar-refractivity contribution in [2.45, 2.75) is 6.42 Å². The lowest BCUT2D eigenvalue weighted by atomic mass is 9.95. The predicted octanol–water partition coefficient (Wildman–Crippen LogP) is 3.40. The molecule has 0 saturated carbocycles. The fourth-order valence-electron chi connectivity index (χ4n) is 1.66. The van der Waals surface area contributed by atoms with Crippen molar-refractivity contribution in [2.24, 2.45) is 5.92 Å². The normalized spacial score (nSPS) is 19.1. The van der Waals surface area contributed by atoms with E-state index in [1.165, 1.54) is 0 Å². The van der Waals surface area contributed by atoms with Crippen molar-refractivity contribution in [1.29, 1.82) is 0 Å². The predicted molar refractivity (Wildman–Crippen MR) is 66.9 cm³/mol. The molecule has 1 aliphatic rings. The van der Waals surface area contributed by atoms with E-state index < -0.39 is 0 Å². The van der Waals surface area contributed by atoms with Crippen molar-refractivity contribution in [1.82, 2.24) is 0 Å². The average molecular weight is 210 g/mol. The van der Waals surface area contributed by atoms with E-state index in [0.29, 0.717) is 0 Å². The molecule has 0 heterocycles. The minimum Gasteiger partial charge on any atom is -0.294 e. The topological polar surface area (TPSA) is 17.1 Å². The fraction of sp³-hybridized carbons (Fsp3) is 0.133. The van der Waals surface area contributed by atoms with Crippen LogP contribution in [0.15, 0.2) is 60.7 Å². The Hall–Kier alpha value is -1.89. The molecule has 1 atom stereocenters. The lowest BCUT2D eigenvalue weighted by molar-refractivity contribution is -0.116. The highest BCUT2D eigenvalue weighted by atomic mass is 16.1. The number of carbonyl (C=O) groups excluding carboxylic acids is 1. The van der Waals surface area contributed by atoms with Crippen LogP contribution >= 0.6 is 0 Å². The Morgan fingerprint density at radius 2 is 2.00 bits per heavy atom. The molecule has 16 heavy (non-hydrogen) atoms. The molecule has 0 aliphatic heterocycles. The zero-order valence-electron chi connectivity index (χ0n) is 9.04. The van der Waals surface area contributed by atoms with Gasteiger partial charge in [-0.05, 0) is 18.1 Å². The van der Waals surface area contributed by atoms with E-state index in [2.05, 4.69) is 0 Å². The quantitative estimate of drug-likeness (QED) is 0.699. The molecule has 0 N–H and O–H groups in total. The summed E-state index contributed by atoms with van der Waals surface area (Å²) in [5.74, 6) is 0.189. The molecule has 1 unspecified atom stereocenters. The SMILES string of the molecule is O=C(C=Cc1ccccc1)C1C=CC=CC1. The van der Waals surface area contributed by atoms with Gasteiger partial charge < -0.3 is 0 Å². The van der Waals surface area contributed by atoms with Gasteiger partial charge in [-0.25, -0.2) is 0 Å². The van der Waals surface area contributed by atoms with E-state index in [1.54, 1.807) is 6.08 Å². The summed E-state index contributed by atoms with van der Waals surface area (Å²) in [4.78, 5) is 11.8. The molecule has 0 radical (unpaired) electrons. The minimum absolute atomic E-state index is 0.0185. The summed E-state index contributed by atoms with van der Waals surface area (Å²) in [6.45, 7) is 0. The maximum absolute atomic E-state index is 11.8. The molecular weight excluding hydrogens is 196 g/mol.